The van der Waals surface area contributed by atoms with Gasteiger partial charge < -0.3 is 5.11 Å². The Balaban J connectivity index is 2.73. The lowest BCUT2D eigenvalue weighted by Gasteiger charge is -2.25. The van der Waals surface area contributed by atoms with E-state index < -0.39 is 5.97 Å². The van der Waals surface area contributed by atoms with E-state index >= 15 is 0 Å². The number of rotatable bonds is 6. The topological polar surface area (TPSA) is 53.4 Å². The number of carboxylic acid groups (broad SMARTS) is 1. The van der Waals surface area contributed by atoms with Crippen molar-refractivity contribution in [3.05, 3.63) is 16.1 Å². The van der Waals surface area contributed by atoms with Gasteiger partial charge in [0.25, 0.3) is 0 Å². The Hall–Kier alpha value is -0.940. The first-order valence-electron chi connectivity index (χ1n) is 5.42. The summed E-state index contributed by atoms with van der Waals surface area (Å²) in [6.07, 6.45) is 0.945. The van der Waals surface area contributed by atoms with Crippen LogP contribution in [0.1, 0.15) is 37.0 Å². The van der Waals surface area contributed by atoms with Gasteiger partial charge in [-0.3, -0.25) is 9.69 Å². The molecular weight excluding hydrogens is 224 g/mol. The van der Waals surface area contributed by atoms with E-state index in [1.807, 2.05) is 31.1 Å². The normalized spacial score (nSPS) is 13.0. The number of carboxylic acids is 1. The first kappa shape index (κ1) is 13.1. The molecule has 1 N–H and O–H groups in total. The maximum Gasteiger partial charge on any atom is 0.317 e. The van der Waals surface area contributed by atoms with Crippen LogP contribution in [0.3, 0.4) is 0 Å². The Morgan fingerprint density at radius 3 is 2.81 bits per heavy atom. The second-order valence-corrected chi connectivity index (χ2v) is 4.89. The smallest absolute Gasteiger partial charge is 0.317 e. The molecule has 1 atom stereocenters. The predicted molar refractivity (Wildman–Crippen MR) is 64.8 cm³/mol. The molecule has 0 aliphatic rings. The van der Waals surface area contributed by atoms with Crippen LogP contribution in [0.5, 0.6) is 0 Å². The lowest BCUT2D eigenvalue weighted by atomic mass is 10.2. The zero-order valence-electron chi connectivity index (χ0n) is 9.93. The van der Waals surface area contributed by atoms with Crippen molar-refractivity contribution in [1.82, 2.24) is 9.88 Å². The monoisotopic (exact) mass is 242 g/mol. The fraction of sp³-hybridized carbons (Fsp3) is 0.636. The van der Waals surface area contributed by atoms with E-state index in [0.29, 0.717) is 0 Å². The van der Waals surface area contributed by atoms with Crippen molar-refractivity contribution in [3.63, 3.8) is 0 Å². The minimum Gasteiger partial charge on any atom is -0.480 e. The molecule has 0 fully saturated rings. The Morgan fingerprint density at radius 2 is 2.38 bits per heavy atom. The molecule has 0 radical (unpaired) electrons. The second kappa shape index (κ2) is 5.96. The predicted octanol–water partition coefficient (Wildman–Crippen LogP) is 2.31. The lowest BCUT2D eigenvalue weighted by molar-refractivity contribution is -0.138. The van der Waals surface area contributed by atoms with Gasteiger partial charge in [-0.05, 0) is 26.8 Å². The third-order valence-electron chi connectivity index (χ3n) is 2.46. The van der Waals surface area contributed by atoms with Gasteiger partial charge in [-0.2, -0.15) is 0 Å². The van der Waals surface area contributed by atoms with Crippen LogP contribution in [0, 0.1) is 6.92 Å². The highest BCUT2D eigenvalue weighted by molar-refractivity contribution is 7.09. The molecule has 1 rings (SSSR count). The fourth-order valence-corrected chi connectivity index (χ4v) is 2.33. The van der Waals surface area contributed by atoms with Gasteiger partial charge in [0.1, 0.15) is 0 Å². The van der Waals surface area contributed by atoms with Crippen molar-refractivity contribution in [1.29, 1.82) is 0 Å². The highest BCUT2D eigenvalue weighted by Crippen LogP contribution is 2.21. The van der Waals surface area contributed by atoms with E-state index in [1.54, 1.807) is 11.3 Å². The molecule has 1 aromatic rings. The maximum atomic E-state index is 10.8. The van der Waals surface area contributed by atoms with E-state index in [-0.39, 0.29) is 12.6 Å². The van der Waals surface area contributed by atoms with Crippen LogP contribution in [0.25, 0.3) is 0 Å². The molecule has 0 bridgehead atoms. The molecule has 0 aliphatic heterocycles. The van der Waals surface area contributed by atoms with Crippen LogP contribution >= 0.6 is 11.3 Å². The van der Waals surface area contributed by atoms with Crippen LogP contribution in [-0.2, 0) is 4.79 Å². The van der Waals surface area contributed by atoms with E-state index in [9.17, 15) is 4.79 Å². The van der Waals surface area contributed by atoms with Crippen molar-refractivity contribution in [3.8, 4) is 0 Å². The molecule has 16 heavy (non-hydrogen) atoms. The molecular formula is C11H18N2O2S. The zero-order chi connectivity index (χ0) is 12.1. The van der Waals surface area contributed by atoms with Gasteiger partial charge in [0.15, 0.2) is 0 Å². The van der Waals surface area contributed by atoms with Crippen molar-refractivity contribution < 1.29 is 9.90 Å². The highest BCUT2D eigenvalue weighted by atomic mass is 32.1. The average Bonchev–Trinajstić information content (AvgIpc) is 2.62. The zero-order valence-corrected chi connectivity index (χ0v) is 10.8. The van der Waals surface area contributed by atoms with Crippen LogP contribution < -0.4 is 0 Å². The average molecular weight is 242 g/mol. The molecule has 0 aliphatic carbocycles. The largest absolute Gasteiger partial charge is 0.480 e. The highest BCUT2D eigenvalue weighted by Gasteiger charge is 2.19. The minimum absolute atomic E-state index is 0.0704. The summed E-state index contributed by atoms with van der Waals surface area (Å²) in [6.45, 7) is 6.87. The molecule has 0 saturated heterocycles. The van der Waals surface area contributed by atoms with Crippen LogP contribution in [-0.4, -0.2) is 34.0 Å². The Kier molecular flexibility index (Phi) is 4.89. The van der Waals surface area contributed by atoms with Crippen molar-refractivity contribution >= 4 is 17.3 Å². The van der Waals surface area contributed by atoms with Crippen LogP contribution in [0.2, 0.25) is 0 Å². The maximum absolute atomic E-state index is 10.8. The number of hydrogen-bond acceptors (Lipinski definition) is 4. The number of hydrogen-bond donors (Lipinski definition) is 1. The number of carbonyl (C=O) groups is 1. The summed E-state index contributed by atoms with van der Waals surface area (Å²) in [5, 5.41) is 11.9. The second-order valence-electron chi connectivity index (χ2n) is 3.83. The Bertz CT molecular complexity index is 352. The lowest BCUT2D eigenvalue weighted by Crippen LogP contribution is -2.33. The van der Waals surface area contributed by atoms with Gasteiger partial charge in [-0.15, -0.1) is 11.3 Å². The molecule has 0 aromatic carbocycles. The van der Waals surface area contributed by atoms with Crippen LogP contribution in [0.15, 0.2) is 5.38 Å². The van der Waals surface area contributed by atoms with Gasteiger partial charge in [0.2, 0.25) is 0 Å². The molecule has 1 heterocycles. The van der Waals surface area contributed by atoms with E-state index in [0.717, 1.165) is 23.7 Å². The van der Waals surface area contributed by atoms with E-state index in [4.69, 9.17) is 5.11 Å². The summed E-state index contributed by atoms with van der Waals surface area (Å²) in [5.74, 6) is -0.785. The van der Waals surface area contributed by atoms with Crippen molar-refractivity contribution in [2.45, 2.75) is 33.2 Å². The first-order chi connectivity index (χ1) is 7.54. The van der Waals surface area contributed by atoms with Gasteiger partial charge in [-0.1, -0.05) is 6.92 Å². The molecule has 0 amide bonds. The van der Waals surface area contributed by atoms with Gasteiger partial charge >= 0.3 is 5.97 Å². The number of aromatic nitrogens is 1. The summed E-state index contributed by atoms with van der Waals surface area (Å²) in [5.41, 5.74) is 0.970. The van der Waals surface area contributed by atoms with Crippen molar-refractivity contribution in [2.75, 3.05) is 13.1 Å². The summed E-state index contributed by atoms with van der Waals surface area (Å²) < 4.78 is 0. The summed E-state index contributed by atoms with van der Waals surface area (Å²) in [6, 6.07) is 0.0704. The molecule has 0 spiro atoms. The molecule has 0 saturated carbocycles. The van der Waals surface area contributed by atoms with Crippen molar-refractivity contribution in [2.24, 2.45) is 0 Å². The molecule has 1 aromatic heterocycles. The summed E-state index contributed by atoms with van der Waals surface area (Å²) in [7, 11) is 0. The standard InChI is InChI=1S/C11H18N2O2S/c1-4-5-13(6-11(14)15)8(2)10-7-16-9(3)12-10/h7-8H,4-6H2,1-3H3,(H,14,15). The molecule has 5 heteroatoms. The van der Waals surface area contributed by atoms with Gasteiger partial charge in [0, 0.05) is 5.38 Å². The van der Waals surface area contributed by atoms with Crippen LogP contribution in [0.4, 0.5) is 0 Å². The van der Waals surface area contributed by atoms with E-state index in [2.05, 4.69) is 4.98 Å². The third-order valence-corrected chi connectivity index (χ3v) is 3.25. The SMILES string of the molecule is CCCN(CC(=O)O)C(C)c1csc(C)n1. The number of thiazole rings is 1. The van der Waals surface area contributed by atoms with Gasteiger partial charge in [0.05, 0.1) is 23.3 Å². The first-order valence-corrected chi connectivity index (χ1v) is 6.30. The molecule has 90 valence electrons. The quantitative estimate of drug-likeness (QED) is 0.831. The number of aliphatic carboxylic acids is 1. The molecule has 4 nitrogen and oxygen atoms in total. The van der Waals surface area contributed by atoms with Gasteiger partial charge in [-0.25, -0.2) is 4.98 Å². The third kappa shape index (κ3) is 3.57. The summed E-state index contributed by atoms with van der Waals surface area (Å²) in [4.78, 5) is 17.1. The number of aryl methyl sites for hydroxylation is 1. The molecule has 1 unspecified atom stereocenters. The number of nitrogens with zero attached hydrogens (tertiary/aromatic N) is 2. The minimum atomic E-state index is -0.785. The Labute approximate surface area is 99.9 Å². The van der Waals surface area contributed by atoms with E-state index in [1.165, 1.54) is 0 Å². The fourth-order valence-electron chi connectivity index (χ4n) is 1.63. The summed E-state index contributed by atoms with van der Waals surface area (Å²) >= 11 is 1.60. The Morgan fingerprint density at radius 1 is 1.69 bits per heavy atom.